The predicted molar refractivity (Wildman–Crippen MR) is 63.5 cm³/mol. The van der Waals surface area contributed by atoms with Gasteiger partial charge in [0.25, 0.3) is 0 Å². The normalized spacial score (nSPS) is 22.3. The van der Waals surface area contributed by atoms with Gasteiger partial charge in [-0.15, -0.1) is 11.3 Å². The summed E-state index contributed by atoms with van der Waals surface area (Å²) in [6.07, 6.45) is 5.63. The second-order valence-corrected chi connectivity index (χ2v) is 5.05. The minimum Gasteiger partial charge on any atom is -0.314 e. The number of rotatable bonds is 3. The Morgan fingerprint density at radius 3 is 3.20 bits per heavy atom. The molecule has 1 unspecified atom stereocenters. The molecule has 1 aromatic heterocycles. The Kier molecular flexibility index (Phi) is 3.92. The third-order valence-corrected chi connectivity index (χ3v) is 3.80. The zero-order chi connectivity index (χ0) is 10.5. The van der Waals surface area contributed by atoms with E-state index < -0.39 is 0 Å². The van der Waals surface area contributed by atoms with Crippen molar-refractivity contribution in [3.8, 4) is 0 Å². The zero-order valence-electron chi connectivity index (χ0n) is 8.87. The van der Waals surface area contributed by atoms with E-state index in [2.05, 4.69) is 5.32 Å². The highest BCUT2D eigenvalue weighted by Crippen LogP contribution is 2.16. The summed E-state index contributed by atoms with van der Waals surface area (Å²) < 4.78 is 0. The lowest BCUT2D eigenvalue weighted by Crippen LogP contribution is -2.30. The molecule has 2 heterocycles. The van der Waals surface area contributed by atoms with Crippen LogP contribution >= 0.6 is 11.3 Å². The highest BCUT2D eigenvalue weighted by atomic mass is 32.1. The molecular formula is C12H17NOS. The van der Waals surface area contributed by atoms with Crippen LogP contribution in [0.3, 0.4) is 0 Å². The number of ketones is 1. The summed E-state index contributed by atoms with van der Waals surface area (Å²) in [4.78, 5) is 12.8. The van der Waals surface area contributed by atoms with Gasteiger partial charge in [0.1, 0.15) is 0 Å². The van der Waals surface area contributed by atoms with Crippen LogP contribution in [0, 0.1) is 0 Å². The Bertz CT molecular complexity index is 299. The molecule has 1 aliphatic heterocycles. The molecule has 82 valence electrons. The molecule has 3 heteroatoms. The molecule has 0 bridgehead atoms. The van der Waals surface area contributed by atoms with Crippen molar-refractivity contribution in [2.75, 3.05) is 6.54 Å². The summed E-state index contributed by atoms with van der Waals surface area (Å²) in [5.41, 5.74) is 0. The van der Waals surface area contributed by atoms with Crippen molar-refractivity contribution >= 4 is 17.1 Å². The van der Waals surface area contributed by atoms with Crippen molar-refractivity contribution in [3.63, 3.8) is 0 Å². The third-order valence-electron chi connectivity index (χ3n) is 2.89. The Labute approximate surface area is 94.7 Å². The van der Waals surface area contributed by atoms with Gasteiger partial charge in [-0.3, -0.25) is 4.79 Å². The fourth-order valence-electron chi connectivity index (χ4n) is 2.04. The molecular weight excluding hydrogens is 206 g/mol. The molecule has 0 aliphatic carbocycles. The summed E-state index contributed by atoms with van der Waals surface area (Å²) >= 11 is 1.55. The van der Waals surface area contributed by atoms with Crippen LogP contribution in [0.4, 0.5) is 0 Å². The third kappa shape index (κ3) is 3.14. The minimum absolute atomic E-state index is 0.296. The van der Waals surface area contributed by atoms with Gasteiger partial charge in [0.05, 0.1) is 4.88 Å². The van der Waals surface area contributed by atoms with Crippen LogP contribution in [0.5, 0.6) is 0 Å². The number of hydrogen-bond acceptors (Lipinski definition) is 3. The maximum absolute atomic E-state index is 11.9. The molecule has 1 saturated heterocycles. The highest BCUT2D eigenvalue weighted by Gasteiger charge is 2.16. The van der Waals surface area contributed by atoms with Gasteiger partial charge in [0, 0.05) is 12.5 Å². The standard InChI is InChI=1S/C12H17NOS/c14-11(12-6-4-8-15-12)9-10-5-2-1-3-7-13-10/h4,6,8,10,13H,1-3,5,7,9H2. The monoisotopic (exact) mass is 223 g/mol. The molecule has 0 saturated carbocycles. The number of thiophene rings is 1. The van der Waals surface area contributed by atoms with Crippen LogP contribution in [-0.4, -0.2) is 18.4 Å². The number of hydrogen-bond donors (Lipinski definition) is 1. The Balaban J connectivity index is 1.87. The summed E-state index contributed by atoms with van der Waals surface area (Å²) in [5, 5.41) is 5.42. The lowest BCUT2D eigenvalue weighted by Gasteiger charge is -2.13. The van der Waals surface area contributed by atoms with Gasteiger partial charge in [-0.25, -0.2) is 0 Å². The van der Waals surface area contributed by atoms with Gasteiger partial charge in [-0.2, -0.15) is 0 Å². The zero-order valence-corrected chi connectivity index (χ0v) is 9.69. The maximum Gasteiger partial charge on any atom is 0.174 e. The van der Waals surface area contributed by atoms with Crippen molar-refractivity contribution in [1.82, 2.24) is 5.32 Å². The van der Waals surface area contributed by atoms with Crippen molar-refractivity contribution < 1.29 is 4.79 Å². The van der Waals surface area contributed by atoms with Crippen LogP contribution in [0.15, 0.2) is 17.5 Å². The van der Waals surface area contributed by atoms with Crippen molar-refractivity contribution in [3.05, 3.63) is 22.4 Å². The SMILES string of the molecule is O=C(CC1CCCCCN1)c1cccs1. The highest BCUT2D eigenvalue weighted by molar-refractivity contribution is 7.12. The van der Waals surface area contributed by atoms with E-state index in [1.54, 1.807) is 11.3 Å². The molecule has 0 spiro atoms. The fourth-order valence-corrected chi connectivity index (χ4v) is 2.71. The van der Waals surface area contributed by atoms with Gasteiger partial charge in [-0.1, -0.05) is 18.9 Å². The molecule has 0 radical (unpaired) electrons. The van der Waals surface area contributed by atoms with Crippen molar-refractivity contribution in [2.45, 2.75) is 38.1 Å². The molecule has 0 aromatic carbocycles. The molecule has 2 rings (SSSR count). The van der Waals surface area contributed by atoms with E-state index in [0.717, 1.165) is 17.8 Å². The van der Waals surface area contributed by atoms with Crippen LogP contribution in [0.1, 0.15) is 41.8 Å². The smallest absolute Gasteiger partial charge is 0.174 e. The predicted octanol–water partition coefficient (Wildman–Crippen LogP) is 2.85. The largest absolute Gasteiger partial charge is 0.314 e. The Morgan fingerprint density at radius 1 is 1.47 bits per heavy atom. The van der Waals surface area contributed by atoms with Crippen LogP contribution in [0.2, 0.25) is 0 Å². The molecule has 1 atom stereocenters. The minimum atomic E-state index is 0.296. The van der Waals surface area contributed by atoms with Gasteiger partial charge >= 0.3 is 0 Å². The summed E-state index contributed by atoms with van der Waals surface area (Å²) in [7, 11) is 0. The number of Topliss-reactive ketones (excluding diaryl/α,β-unsaturated/α-hetero) is 1. The van der Waals surface area contributed by atoms with Gasteiger partial charge in [-0.05, 0) is 30.8 Å². The molecule has 0 amide bonds. The molecule has 2 nitrogen and oxygen atoms in total. The Hall–Kier alpha value is -0.670. The van der Waals surface area contributed by atoms with E-state index in [4.69, 9.17) is 0 Å². The van der Waals surface area contributed by atoms with E-state index in [1.165, 1.54) is 19.3 Å². The molecule has 1 aromatic rings. The molecule has 1 N–H and O–H groups in total. The summed E-state index contributed by atoms with van der Waals surface area (Å²) in [5.74, 6) is 0.296. The lowest BCUT2D eigenvalue weighted by atomic mass is 10.0. The topological polar surface area (TPSA) is 29.1 Å². The maximum atomic E-state index is 11.9. The molecule has 15 heavy (non-hydrogen) atoms. The van der Waals surface area contributed by atoms with E-state index >= 15 is 0 Å². The summed E-state index contributed by atoms with van der Waals surface area (Å²) in [6.45, 7) is 1.07. The van der Waals surface area contributed by atoms with E-state index in [1.807, 2.05) is 17.5 Å². The Morgan fingerprint density at radius 2 is 2.40 bits per heavy atom. The average Bonchev–Trinajstić information content (AvgIpc) is 2.65. The van der Waals surface area contributed by atoms with Gasteiger partial charge < -0.3 is 5.32 Å². The first-order valence-electron chi connectivity index (χ1n) is 5.66. The van der Waals surface area contributed by atoms with E-state index in [9.17, 15) is 4.79 Å². The van der Waals surface area contributed by atoms with Crippen molar-refractivity contribution in [1.29, 1.82) is 0 Å². The molecule has 1 aliphatic rings. The lowest BCUT2D eigenvalue weighted by molar-refractivity contribution is 0.0972. The quantitative estimate of drug-likeness (QED) is 0.798. The number of nitrogens with one attached hydrogen (secondary N) is 1. The van der Waals surface area contributed by atoms with Gasteiger partial charge in [0.15, 0.2) is 5.78 Å². The first-order valence-corrected chi connectivity index (χ1v) is 6.54. The van der Waals surface area contributed by atoms with Crippen LogP contribution < -0.4 is 5.32 Å². The second-order valence-electron chi connectivity index (χ2n) is 4.10. The average molecular weight is 223 g/mol. The first-order chi connectivity index (χ1) is 7.36. The number of carbonyl (C=O) groups excluding carboxylic acids is 1. The van der Waals surface area contributed by atoms with Crippen molar-refractivity contribution in [2.24, 2.45) is 0 Å². The molecule has 1 fully saturated rings. The fraction of sp³-hybridized carbons (Fsp3) is 0.583. The van der Waals surface area contributed by atoms with Crippen LogP contribution in [-0.2, 0) is 0 Å². The van der Waals surface area contributed by atoms with Gasteiger partial charge in [0.2, 0.25) is 0 Å². The number of carbonyl (C=O) groups is 1. The van der Waals surface area contributed by atoms with Crippen LogP contribution in [0.25, 0.3) is 0 Å². The van der Waals surface area contributed by atoms with E-state index in [-0.39, 0.29) is 0 Å². The van der Waals surface area contributed by atoms with E-state index in [0.29, 0.717) is 18.2 Å². The first kappa shape index (κ1) is 10.8. The summed E-state index contributed by atoms with van der Waals surface area (Å²) in [6, 6.07) is 4.27. The second kappa shape index (κ2) is 5.42.